The van der Waals surface area contributed by atoms with E-state index in [1.807, 2.05) is 25.1 Å². The SMILES string of the molecule is COCC(O)(c1cccc(C)c1)C1CC1. The van der Waals surface area contributed by atoms with Crippen molar-refractivity contribution in [2.45, 2.75) is 25.4 Å². The van der Waals surface area contributed by atoms with Crippen molar-refractivity contribution in [3.05, 3.63) is 35.4 Å². The number of benzene rings is 1. The van der Waals surface area contributed by atoms with Crippen molar-refractivity contribution < 1.29 is 9.84 Å². The Hall–Kier alpha value is -0.860. The van der Waals surface area contributed by atoms with Crippen LogP contribution in [0.2, 0.25) is 0 Å². The molecule has 1 atom stereocenters. The summed E-state index contributed by atoms with van der Waals surface area (Å²) < 4.78 is 5.15. The molecule has 2 nitrogen and oxygen atoms in total. The maximum Gasteiger partial charge on any atom is 0.116 e. The van der Waals surface area contributed by atoms with E-state index in [1.54, 1.807) is 7.11 Å². The Morgan fingerprint density at radius 1 is 1.47 bits per heavy atom. The van der Waals surface area contributed by atoms with Crippen LogP contribution in [0.3, 0.4) is 0 Å². The molecule has 1 aliphatic rings. The molecule has 0 radical (unpaired) electrons. The molecule has 0 amide bonds. The van der Waals surface area contributed by atoms with E-state index in [-0.39, 0.29) is 0 Å². The standard InChI is InChI=1S/C13H18O2/c1-10-4-3-5-12(8-10)13(14,9-15-2)11-6-7-11/h3-5,8,11,14H,6-7,9H2,1-2H3. The lowest BCUT2D eigenvalue weighted by atomic mass is 9.89. The van der Waals surface area contributed by atoms with Gasteiger partial charge in [0.25, 0.3) is 0 Å². The molecule has 0 aromatic heterocycles. The second kappa shape index (κ2) is 3.95. The first-order valence-electron chi connectivity index (χ1n) is 5.45. The van der Waals surface area contributed by atoms with Gasteiger partial charge in [0.1, 0.15) is 5.60 Å². The second-order valence-electron chi connectivity index (χ2n) is 4.50. The molecule has 0 saturated heterocycles. The van der Waals surface area contributed by atoms with E-state index in [9.17, 15) is 5.11 Å². The molecular formula is C13H18O2. The number of methoxy groups -OCH3 is 1. The van der Waals surface area contributed by atoms with E-state index in [4.69, 9.17) is 4.74 Å². The van der Waals surface area contributed by atoms with Gasteiger partial charge in [0, 0.05) is 7.11 Å². The molecule has 1 saturated carbocycles. The Morgan fingerprint density at radius 3 is 2.73 bits per heavy atom. The Labute approximate surface area is 90.9 Å². The summed E-state index contributed by atoms with van der Waals surface area (Å²) in [7, 11) is 1.64. The van der Waals surface area contributed by atoms with Crippen molar-refractivity contribution >= 4 is 0 Å². The third-order valence-electron chi connectivity index (χ3n) is 3.14. The lowest BCUT2D eigenvalue weighted by Crippen LogP contribution is -2.33. The Balaban J connectivity index is 2.31. The molecular weight excluding hydrogens is 188 g/mol. The monoisotopic (exact) mass is 206 g/mol. The first kappa shape index (κ1) is 10.7. The van der Waals surface area contributed by atoms with Crippen LogP contribution in [0.4, 0.5) is 0 Å². The number of aliphatic hydroxyl groups is 1. The number of hydrogen-bond acceptors (Lipinski definition) is 2. The average Bonchev–Trinajstić information content (AvgIpc) is 3.01. The molecule has 1 aromatic carbocycles. The highest BCUT2D eigenvalue weighted by atomic mass is 16.5. The minimum Gasteiger partial charge on any atom is -0.382 e. The molecule has 1 fully saturated rings. The van der Waals surface area contributed by atoms with Crippen LogP contribution in [0.15, 0.2) is 24.3 Å². The molecule has 2 rings (SSSR count). The van der Waals surface area contributed by atoms with Crippen molar-refractivity contribution in [1.29, 1.82) is 0 Å². The van der Waals surface area contributed by atoms with Crippen molar-refractivity contribution in [3.8, 4) is 0 Å². The molecule has 0 bridgehead atoms. The van der Waals surface area contributed by atoms with Crippen molar-refractivity contribution in [2.24, 2.45) is 5.92 Å². The van der Waals surface area contributed by atoms with Crippen LogP contribution in [0, 0.1) is 12.8 Å². The highest BCUT2D eigenvalue weighted by Gasteiger charge is 2.45. The predicted molar refractivity (Wildman–Crippen MR) is 59.7 cm³/mol. The molecule has 0 heterocycles. The van der Waals surface area contributed by atoms with Gasteiger partial charge >= 0.3 is 0 Å². The second-order valence-corrected chi connectivity index (χ2v) is 4.50. The van der Waals surface area contributed by atoms with Gasteiger partial charge < -0.3 is 9.84 Å². The number of rotatable bonds is 4. The van der Waals surface area contributed by atoms with Gasteiger partial charge in [0.2, 0.25) is 0 Å². The Kier molecular flexibility index (Phi) is 2.81. The Morgan fingerprint density at radius 2 is 2.20 bits per heavy atom. The van der Waals surface area contributed by atoms with Crippen LogP contribution >= 0.6 is 0 Å². The third kappa shape index (κ3) is 2.06. The zero-order valence-corrected chi connectivity index (χ0v) is 9.36. The van der Waals surface area contributed by atoms with E-state index < -0.39 is 5.60 Å². The normalized spacial score (nSPS) is 19.9. The molecule has 1 N–H and O–H groups in total. The molecule has 15 heavy (non-hydrogen) atoms. The predicted octanol–water partition coefficient (Wildman–Crippen LogP) is 2.24. The maximum absolute atomic E-state index is 10.6. The summed E-state index contributed by atoms with van der Waals surface area (Å²) in [6, 6.07) is 8.08. The molecule has 0 spiro atoms. The zero-order valence-electron chi connectivity index (χ0n) is 9.36. The minimum atomic E-state index is -0.777. The van der Waals surface area contributed by atoms with Gasteiger partial charge in [-0.2, -0.15) is 0 Å². The van der Waals surface area contributed by atoms with E-state index in [1.165, 1.54) is 5.56 Å². The molecule has 82 valence electrons. The first-order chi connectivity index (χ1) is 7.16. The van der Waals surface area contributed by atoms with Gasteiger partial charge in [0.05, 0.1) is 6.61 Å². The molecule has 1 unspecified atom stereocenters. The summed E-state index contributed by atoms with van der Waals surface area (Å²) >= 11 is 0. The van der Waals surface area contributed by atoms with E-state index >= 15 is 0 Å². The van der Waals surface area contributed by atoms with Crippen LogP contribution in [-0.4, -0.2) is 18.8 Å². The average molecular weight is 206 g/mol. The van der Waals surface area contributed by atoms with Crippen LogP contribution in [0.1, 0.15) is 24.0 Å². The van der Waals surface area contributed by atoms with Crippen LogP contribution < -0.4 is 0 Å². The summed E-state index contributed by atoms with van der Waals surface area (Å²) in [5.41, 5.74) is 1.40. The van der Waals surface area contributed by atoms with Crippen LogP contribution in [-0.2, 0) is 10.3 Å². The fourth-order valence-electron chi connectivity index (χ4n) is 2.13. The fourth-order valence-corrected chi connectivity index (χ4v) is 2.13. The zero-order chi connectivity index (χ0) is 10.9. The van der Waals surface area contributed by atoms with Gasteiger partial charge in [-0.25, -0.2) is 0 Å². The van der Waals surface area contributed by atoms with Crippen LogP contribution in [0.5, 0.6) is 0 Å². The summed E-state index contributed by atoms with van der Waals surface area (Å²) in [6.45, 7) is 2.44. The lowest BCUT2D eigenvalue weighted by molar-refractivity contribution is -0.0533. The Bertz CT molecular complexity index is 344. The fraction of sp³-hybridized carbons (Fsp3) is 0.538. The van der Waals surface area contributed by atoms with Gasteiger partial charge in [0.15, 0.2) is 0 Å². The van der Waals surface area contributed by atoms with E-state index in [0.717, 1.165) is 18.4 Å². The van der Waals surface area contributed by atoms with Gasteiger partial charge in [-0.05, 0) is 31.2 Å². The van der Waals surface area contributed by atoms with E-state index in [0.29, 0.717) is 12.5 Å². The topological polar surface area (TPSA) is 29.5 Å². The summed E-state index contributed by atoms with van der Waals surface area (Å²) in [5, 5.41) is 10.6. The highest BCUT2D eigenvalue weighted by Crippen LogP contribution is 2.45. The van der Waals surface area contributed by atoms with Gasteiger partial charge in [-0.1, -0.05) is 29.8 Å². The molecule has 2 heteroatoms. The number of ether oxygens (including phenoxy) is 1. The third-order valence-corrected chi connectivity index (χ3v) is 3.14. The highest BCUT2D eigenvalue weighted by molar-refractivity contribution is 5.29. The number of aryl methyl sites for hydroxylation is 1. The van der Waals surface area contributed by atoms with Crippen molar-refractivity contribution in [1.82, 2.24) is 0 Å². The largest absolute Gasteiger partial charge is 0.382 e. The summed E-state index contributed by atoms with van der Waals surface area (Å²) in [5.74, 6) is 0.374. The molecule has 0 aliphatic heterocycles. The van der Waals surface area contributed by atoms with Crippen molar-refractivity contribution in [3.63, 3.8) is 0 Å². The van der Waals surface area contributed by atoms with E-state index in [2.05, 4.69) is 6.07 Å². The van der Waals surface area contributed by atoms with Crippen molar-refractivity contribution in [2.75, 3.05) is 13.7 Å². The van der Waals surface area contributed by atoms with Gasteiger partial charge in [-0.15, -0.1) is 0 Å². The molecule has 1 aliphatic carbocycles. The first-order valence-corrected chi connectivity index (χ1v) is 5.45. The quantitative estimate of drug-likeness (QED) is 0.818. The summed E-state index contributed by atoms with van der Waals surface area (Å²) in [6.07, 6.45) is 2.21. The minimum absolute atomic E-state index is 0.374. The number of hydrogen-bond donors (Lipinski definition) is 1. The summed E-state index contributed by atoms with van der Waals surface area (Å²) in [4.78, 5) is 0. The maximum atomic E-state index is 10.6. The van der Waals surface area contributed by atoms with Crippen LogP contribution in [0.25, 0.3) is 0 Å². The smallest absolute Gasteiger partial charge is 0.116 e. The molecule has 1 aromatic rings. The van der Waals surface area contributed by atoms with Gasteiger partial charge in [-0.3, -0.25) is 0 Å². The lowest BCUT2D eigenvalue weighted by Gasteiger charge is -2.28.